The fourth-order valence-electron chi connectivity index (χ4n) is 3.17. The van der Waals surface area contributed by atoms with Crippen molar-refractivity contribution in [3.8, 4) is 5.75 Å². The molecule has 6 heteroatoms. The first-order valence-corrected chi connectivity index (χ1v) is 8.29. The second-order valence-corrected chi connectivity index (χ2v) is 6.29. The first-order chi connectivity index (χ1) is 12.5. The van der Waals surface area contributed by atoms with Crippen LogP contribution < -0.4 is 15.0 Å². The number of carbonyl (C=O) groups excluding carboxylic acids is 3. The van der Waals surface area contributed by atoms with E-state index in [2.05, 4.69) is 5.32 Å². The Bertz CT molecular complexity index is 950. The Kier molecular flexibility index (Phi) is 3.80. The molecule has 2 aliphatic heterocycles. The molecule has 0 radical (unpaired) electrons. The van der Waals surface area contributed by atoms with E-state index in [1.807, 2.05) is 19.1 Å². The van der Waals surface area contributed by atoms with Crippen molar-refractivity contribution < 1.29 is 19.1 Å². The standard InChI is InChI=1S/C20H16N2O4/c1-12-9-14-10-13(7-8-17(14)26-12)11-16-18(23)21-20(25)22(19(16)24)15-5-3-2-4-6-15/h2-8,10-12H,9H2,1H3,(H,21,23,25)/b16-11-/t12-/m1/s1. The maximum absolute atomic E-state index is 12.8. The third-order valence-corrected chi connectivity index (χ3v) is 4.35. The lowest BCUT2D eigenvalue weighted by atomic mass is 10.0. The molecule has 0 aromatic heterocycles. The van der Waals surface area contributed by atoms with Crippen LogP contribution in [0.3, 0.4) is 0 Å². The summed E-state index contributed by atoms with van der Waals surface area (Å²) in [5, 5.41) is 2.22. The average Bonchev–Trinajstić information content (AvgIpc) is 2.98. The Morgan fingerprint density at radius 3 is 2.65 bits per heavy atom. The Hall–Kier alpha value is -3.41. The van der Waals surface area contributed by atoms with Gasteiger partial charge in [0.1, 0.15) is 17.4 Å². The smallest absolute Gasteiger partial charge is 0.335 e. The van der Waals surface area contributed by atoms with Crippen molar-refractivity contribution in [3.05, 3.63) is 65.2 Å². The first-order valence-electron chi connectivity index (χ1n) is 8.29. The topological polar surface area (TPSA) is 75.7 Å². The number of urea groups is 1. The first kappa shape index (κ1) is 16.1. The Labute approximate surface area is 150 Å². The van der Waals surface area contributed by atoms with Crippen molar-refractivity contribution >= 4 is 29.6 Å². The molecular formula is C20H16N2O4. The average molecular weight is 348 g/mol. The van der Waals surface area contributed by atoms with Crippen LogP contribution in [-0.2, 0) is 16.0 Å². The number of fused-ring (bicyclic) bond motifs is 1. The maximum atomic E-state index is 12.8. The zero-order valence-electron chi connectivity index (χ0n) is 14.1. The number of amides is 4. The number of benzene rings is 2. The second kappa shape index (κ2) is 6.15. The quantitative estimate of drug-likeness (QED) is 0.669. The van der Waals surface area contributed by atoms with Crippen molar-refractivity contribution in [2.75, 3.05) is 4.90 Å². The third kappa shape index (κ3) is 2.75. The van der Waals surface area contributed by atoms with E-state index in [4.69, 9.17) is 4.74 Å². The molecule has 1 atom stereocenters. The fraction of sp³-hybridized carbons (Fsp3) is 0.150. The molecule has 0 spiro atoms. The number of para-hydroxylation sites is 1. The molecule has 130 valence electrons. The molecule has 2 heterocycles. The van der Waals surface area contributed by atoms with Crippen molar-refractivity contribution in [1.29, 1.82) is 0 Å². The third-order valence-electron chi connectivity index (χ3n) is 4.35. The Morgan fingerprint density at radius 2 is 1.88 bits per heavy atom. The highest BCUT2D eigenvalue weighted by atomic mass is 16.5. The fourth-order valence-corrected chi connectivity index (χ4v) is 3.17. The van der Waals surface area contributed by atoms with E-state index in [1.165, 1.54) is 6.08 Å². The van der Waals surface area contributed by atoms with Crippen LogP contribution in [0.1, 0.15) is 18.1 Å². The van der Waals surface area contributed by atoms with Gasteiger partial charge in [-0.2, -0.15) is 0 Å². The van der Waals surface area contributed by atoms with Crippen LogP contribution in [0, 0.1) is 0 Å². The summed E-state index contributed by atoms with van der Waals surface area (Å²) in [6.45, 7) is 1.99. The summed E-state index contributed by atoms with van der Waals surface area (Å²) in [4.78, 5) is 38.1. The van der Waals surface area contributed by atoms with Crippen LogP contribution in [0.5, 0.6) is 5.75 Å². The van der Waals surface area contributed by atoms with E-state index in [1.54, 1.807) is 36.4 Å². The summed E-state index contributed by atoms with van der Waals surface area (Å²) >= 11 is 0. The second-order valence-electron chi connectivity index (χ2n) is 6.29. The summed E-state index contributed by atoms with van der Waals surface area (Å²) in [6.07, 6.45) is 2.39. The molecule has 2 aromatic rings. The van der Waals surface area contributed by atoms with Gasteiger partial charge >= 0.3 is 6.03 Å². The predicted octanol–water partition coefficient (Wildman–Crippen LogP) is 2.68. The number of barbiturate groups is 1. The minimum absolute atomic E-state index is 0.0830. The van der Waals surface area contributed by atoms with E-state index in [0.717, 1.165) is 22.6 Å². The molecule has 0 unspecified atom stereocenters. The van der Waals surface area contributed by atoms with Gasteiger partial charge in [-0.1, -0.05) is 24.3 Å². The number of hydrogen-bond acceptors (Lipinski definition) is 4. The lowest BCUT2D eigenvalue weighted by Gasteiger charge is -2.26. The number of ether oxygens (including phenoxy) is 1. The molecule has 0 aliphatic carbocycles. The maximum Gasteiger partial charge on any atom is 0.335 e. The van der Waals surface area contributed by atoms with Gasteiger partial charge in [-0.05, 0) is 48.4 Å². The van der Waals surface area contributed by atoms with Crippen molar-refractivity contribution in [1.82, 2.24) is 5.32 Å². The van der Waals surface area contributed by atoms with Crippen LogP contribution in [-0.4, -0.2) is 23.9 Å². The molecule has 0 saturated carbocycles. The zero-order chi connectivity index (χ0) is 18.3. The number of anilines is 1. The van der Waals surface area contributed by atoms with Gasteiger partial charge < -0.3 is 4.74 Å². The molecule has 2 aliphatic rings. The molecule has 26 heavy (non-hydrogen) atoms. The molecular weight excluding hydrogens is 332 g/mol. The molecule has 6 nitrogen and oxygen atoms in total. The molecule has 0 bridgehead atoms. The van der Waals surface area contributed by atoms with Gasteiger partial charge in [-0.25, -0.2) is 9.69 Å². The van der Waals surface area contributed by atoms with E-state index < -0.39 is 17.8 Å². The summed E-state index contributed by atoms with van der Waals surface area (Å²) in [7, 11) is 0. The van der Waals surface area contributed by atoms with Crippen LogP contribution in [0.25, 0.3) is 6.08 Å². The Balaban J connectivity index is 1.70. The molecule has 1 saturated heterocycles. The van der Waals surface area contributed by atoms with Crippen LogP contribution in [0.15, 0.2) is 54.1 Å². The molecule has 1 N–H and O–H groups in total. The number of nitrogens with one attached hydrogen (secondary N) is 1. The van der Waals surface area contributed by atoms with Crippen molar-refractivity contribution in [3.63, 3.8) is 0 Å². The van der Waals surface area contributed by atoms with Gasteiger partial charge in [0.2, 0.25) is 0 Å². The van der Waals surface area contributed by atoms with Gasteiger partial charge in [0.25, 0.3) is 11.8 Å². The molecule has 4 amide bonds. The normalized spacial score (nSPS) is 20.8. The van der Waals surface area contributed by atoms with Crippen LogP contribution in [0.2, 0.25) is 0 Å². The van der Waals surface area contributed by atoms with E-state index in [-0.39, 0.29) is 11.7 Å². The van der Waals surface area contributed by atoms with E-state index in [9.17, 15) is 14.4 Å². The lowest BCUT2D eigenvalue weighted by Crippen LogP contribution is -2.54. The van der Waals surface area contributed by atoms with Crippen molar-refractivity contribution in [2.24, 2.45) is 0 Å². The van der Waals surface area contributed by atoms with E-state index in [0.29, 0.717) is 11.3 Å². The highest BCUT2D eigenvalue weighted by Gasteiger charge is 2.36. The SMILES string of the molecule is C[C@@H]1Cc2cc(/C=C3/C(=O)NC(=O)N(c4ccccc4)C3=O)ccc2O1. The van der Waals surface area contributed by atoms with Gasteiger partial charge in [0.15, 0.2) is 0 Å². The number of carbonyl (C=O) groups is 3. The molecule has 4 rings (SSSR count). The van der Waals surface area contributed by atoms with Crippen LogP contribution in [0.4, 0.5) is 10.5 Å². The van der Waals surface area contributed by atoms with E-state index >= 15 is 0 Å². The highest BCUT2D eigenvalue weighted by molar-refractivity contribution is 6.39. The van der Waals surface area contributed by atoms with Crippen molar-refractivity contribution in [2.45, 2.75) is 19.4 Å². The largest absolute Gasteiger partial charge is 0.490 e. The zero-order valence-corrected chi connectivity index (χ0v) is 14.1. The number of rotatable bonds is 2. The number of nitrogens with zero attached hydrogens (tertiary/aromatic N) is 1. The number of imide groups is 2. The summed E-state index contributed by atoms with van der Waals surface area (Å²) in [5.74, 6) is -0.521. The molecule has 2 aromatic carbocycles. The summed E-state index contributed by atoms with van der Waals surface area (Å²) in [5.41, 5.74) is 2.07. The summed E-state index contributed by atoms with van der Waals surface area (Å²) < 4.78 is 5.66. The van der Waals surface area contributed by atoms with Crippen LogP contribution >= 0.6 is 0 Å². The summed E-state index contributed by atoms with van der Waals surface area (Å²) in [6, 6.07) is 13.3. The predicted molar refractivity (Wildman–Crippen MR) is 95.7 cm³/mol. The molecule has 1 fully saturated rings. The minimum atomic E-state index is -0.750. The minimum Gasteiger partial charge on any atom is -0.490 e. The van der Waals surface area contributed by atoms with Gasteiger partial charge in [0, 0.05) is 6.42 Å². The highest BCUT2D eigenvalue weighted by Crippen LogP contribution is 2.30. The monoisotopic (exact) mass is 348 g/mol. The van der Waals surface area contributed by atoms with Gasteiger partial charge in [-0.3, -0.25) is 14.9 Å². The number of hydrogen-bond donors (Lipinski definition) is 1. The van der Waals surface area contributed by atoms with Gasteiger partial charge in [-0.15, -0.1) is 0 Å². The van der Waals surface area contributed by atoms with Gasteiger partial charge in [0.05, 0.1) is 5.69 Å². The lowest BCUT2D eigenvalue weighted by molar-refractivity contribution is -0.122. The Morgan fingerprint density at radius 1 is 1.12 bits per heavy atom.